The van der Waals surface area contributed by atoms with Crippen LogP contribution in [0.25, 0.3) is 0 Å². The van der Waals surface area contributed by atoms with Crippen LogP contribution in [0.5, 0.6) is 0 Å². The third-order valence-electron chi connectivity index (χ3n) is 3.68. The number of hydrogen-bond acceptors (Lipinski definition) is 2. The number of amides is 1. The second kappa shape index (κ2) is 5.11. The Kier molecular flexibility index (Phi) is 3.71. The minimum absolute atomic E-state index is 0.0350. The van der Waals surface area contributed by atoms with Crippen molar-refractivity contribution in [2.75, 3.05) is 5.32 Å². The summed E-state index contributed by atoms with van der Waals surface area (Å²) in [7, 11) is 0. The molecule has 3 N–H and O–H groups in total. The van der Waals surface area contributed by atoms with Crippen LogP contribution in [-0.2, 0) is 4.79 Å². The van der Waals surface area contributed by atoms with Gasteiger partial charge in [0.2, 0.25) is 5.91 Å². The molecule has 0 unspecified atom stereocenters. The Morgan fingerprint density at radius 2 is 1.67 bits per heavy atom. The van der Waals surface area contributed by atoms with E-state index in [0.29, 0.717) is 0 Å². The lowest BCUT2D eigenvalue weighted by atomic mass is 9.82. The molecule has 0 radical (unpaired) electrons. The summed E-state index contributed by atoms with van der Waals surface area (Å²) in [6.07, 6.45) is 4.89. The first-order chi connectivity index (χ1) is 8.49. The van der Waals surface area contributed by atoms with Gasteiger partial charge in [0.05, 0.1) is 5.54 Å². The maximum absolute atomic E-state index is 12.3. The zero-order valence-electron chi connectivity index (χ0n) is 11.3. The number of hydrogen-bond donors (Lipinski definition) is 2. The first-order valence-corrected chi connectivity index (χ1v) is 6.68. The maximum atomic E-state index is 12.3. The average molecular weight is 246 g/mol. The van der Waals surface area contributed by atoms with Crippen LogP contribution in [-0.4, -0.2) is 11.4 Å². The third kappa shape index (κ3) is 2.91. The normalized spacial score (nSPS) is 18.4. The molecule has 1 aromatic rings. The summed E-state index contributed by atoms with van der Waals surface area (Å²) < 4.78 is 0. The van der Waals surface area contributed by atoms with E-state index in [2.05, 4.69) is 11.4 Å². The van der Waals surface area contributed by atoms with E-state index in [9.17, 15) is 4.79 Å². The molecule has 1 fully saturated rings. The molecule has 0 atom stereocenters. The lowest BCUT2D eigenvalue weighted by Gasteiger charge is -2.31. The summed E-state index contributed by atoms with van der Waals surface area (Å²) in [5.74, 6) is -0.0350. The van der Waals surface area contributed by atoms with Gasteiger partial charge in [-0.3, -0.25) is 4.79 Å². The smallest absolute Gasteiger partial charge is 0.244 e. The molecule has 2 rings (SSSR count). The second-order valence-corrected chi connectivity index (χ2v) is 5.55. The Labute approximate surface area is 109 Å². The Morgan fingerprint density at radius 3 is 2.22 bits per heavy atom. The fourth-order valence-corrected chi connectivity index (χ4v) is 2.71. The van der Waals surface area contributed by atoms with Gasteiger partial charge in [-0.25, -0.2) is 0 Å². The number of anilines is 1. The molecule has 98 valence electrons. The van der Waals surface area contributed by atoms with Crippen molar-refractivity contribution in [3.05, 3.63) is 29.3 Å². The molecular weight excluding hydrogens is 224 g/mol. The quantitative estimate of drug-likeness (QED) is 0.843. The number of nitrogens with one attached hydrogen (secondary N) is 1. The number of benzene rings is 1. The Bertz CT molecular complexity index is 428. The molecule has 0 aromatic heterocycles. The molecule has 3 nitrogen and oxygen atoms in total. The predicted molar refractivity (Wildman–Crippen MR) is 74.5 cm³/mol. The largest absolute Gasteiger partial charge is 0.324 e. The van der Waals surface area contributed by atoms with Crippen LogP contribution in [0.2, 0.25) is 0 Å². The molecular formula is C15H22N2O. The van der Waals surface area contributed by atoms with E-state index < -0.39 is 5.54 Å². The first-order valence-electron chi connectivity index (χ1n) is 6.68. The summed E-state index contributed by atoms with van der Waals surface area (Å²) in [4.78, 5) is 12.3. The molecule has 0 heterocycles. The lowest BCUT2D eigenvalue weighted by Crippen LogP contribution is -2.52. The van der Waals surface area contributed by atoms with Gasteiger partial charge in [0.15, 0.2) is 0 Å². The molecule has 0 bridgehead atoms. The molecule has 0 spiro atoms. The van der Waals surface area contributed by atoms with Crippen LogP contribution in [0.1, 0.15) is 43.2 Å². The van der Waals surface area contributed by atoms with E-state index in [1.807, 2.05) is 26.0 Å². The summed E-state index contributed by atoms with van der Waals surface area (Å²) in [5.41, 5.74) is 8.70. The van der Waals surface area contributed by atoms with Gasteiger partial charge in [0.1, 0.15) is 0 Å². The lowest BCUT2D eigenvalue weighted by molar-refractivity contribution is -0.122. The highest BCUT2D eigenvalue weighted by Crippen LogP contribution is 2.27. The number of nitrogens with two attached hydrogens (primary N) is 1. The SMILES string of the molecule is Cc1cc(C)cc(NC(=O)C2(N)CCCCC2)c1. The zero-order chi connectivity index (χ0) is 13.2. The standard InChI is InChI=1S/C15H22N2O/c1-11-8-12(2)10-13(9-11)17-14(18)15(16)6-4-3-5-7-15/h8-10H,3-7,16H2,1-2H3,(H,17,18). The van der Waals surface area contributed by atoms with Crippen LogP contribution >= 0.6 is 0 Å². The molecule has 18 heavy (non-hydrogen) atoms. The van der Waals surface area contributed by atoms with Crippen molar-refractivity contribution < 1.29 is 4.79 Å². The molecule has 0 saturated heterocycles. The first kappa shape index (κ1) is 13.1. The average Bonchev–Trinajstić information content (AvgIpc) is 2.28. The monoisotopic (exact) mass is 246 g/mol. The Hall–Kier alpha value is -1.35. The van der Waals surface area contributed by atoms with Crippen molar-refractivity contribution in [1.29, 1.82) is 0 Å². The summed E-state index contributed by atoms with van der Waals surface area (Å²) in [6, 6.07) is 6.06. The summed E-state index contributed by atoms with van der Waals surface area (Å²) >= 11 is 0. The van der Waals surface area contributed by atoms with Crippen molar-refractivity contribution in [3.63, 3.8) is 0 Å². The van der Waals surface area contributed by atoms with Crippen molar-refractivity contribution in [2.45, 2.75) is 51.5 Å². The van der Waals surface area contributed by atoms with E-state index in [4.69, 9.17) is 5.73 Å². The van der Waals surface area contributed by atoms with E-state index in [-0.39, 0.29) is 5.91 Å². The Morgan fingerprint density at radius 1 is 1.11 bits per heavy atom. The van der Waals surface area contributed by atoms with Gasteiger partial charge in [-0.05, 0) is 49.9 Å². The highest BCUT2D eigenvalue weighted by Gasteiger charge is 2.35. The molecule has 1 aromatic carbocycles. The molecule has 1 saturated carbocycles. The fourth-order valence-electron chi connectivity index (χ4n) is 2.71. The molecule has 1 aliphatic rings. The highest BCUT2D eigenvalue weighted by atomic mass is 16.2. The topological polar surface area (TPSA) is 55.1 Å². The van der Waals surface area contributed by atoms with Gasteiger partial charge in [-0.1, -0.05) is 25.3 Å². The van der Waals surface area contributed by atoms with Crippen LogP contribution in [0.15, 0.2) is 18.2 Å². The van der Waals surface area contributed by atoms with Gasteiger partial charge >= 0.3 is 0 Å². The van der Waals surface area contributed by atoms with Gasteiger partial charge in [-0.15, -0.1) is 0 Å². The second-order valence-electron chi connectivity index (χ2n) is 5.55. The number of rotatable bonds is 2. The van der Waals surface area contributed by atoms with E-state index in [1.54, 1.807) is 0 Å². The van der Waals surface area contributed by atoms with Gasteiger partial charge in [0, 0.05) is 5.69 Å². The summed E-state index contributed by atoms with van der Waals surface area (Å²) in [6.45, 7) is 4.06. The van der Waals surface area contributed by atoms with E-state index in [0.717, 1.165) is 42.5 Å². The molecule has 0 aliphatic heterocycles. The van der Waals surface area contributed by atoms with Crippen molar-refractivity contribution in [1.82, 2.24) is 0 Å². The number of aryl methyl sites for hydroxylation is 2. The Balaban J connectivity index is 2.10. The third-order valence-corrected chi connectivity index (χ3v) is 3.68. The van der Waals surface area contributed by atoms with Crippen molar-refractivity contribution >= 4 is 11.6 Å². The van der Waals surface area contributed by atoms with Crippen LogP contribution < -0.4 is 11.1 Å². The molecule has 1 aliphatic carbocycles. The summed E-state index contributed by atoms with van der Waals surface area (Å²) in [5, 5.41) is 2.97. The highest BCUT2D eigenvalue weighted by molar-refractivity contribution is 5.98. The van der Waals surface area contributed by atoms with Crippen molar-refractivity contribution in [2.24, 2.45) is 5.73 Å². The van der Waals surface area contributed by atoms with Gasteiger partial charge in [0.25, 0.3) is 0 Å². The number of carbonyl (C=O) groups is 1. The minimum atomic E-state index is -0.671. The van der Waals surface area contributed by atoms with Crippen LogP contribution in [0, 0.1) is 13.8 Å². The number of carbonyl (C=O) groups excluding carboxylic acids is 1. The predicted octanol–water partition coefficient (Wildman–Crippen LogP) is 2.90. The van der Waals surface area contributed by atoms with E-state index >= 15 is 0 Å². The van der Waals surface area contributed by atoms with Crippen LogP contribution in [0.3, 0.4) is 0 Å². The zero-order valence-corrected chi connectivity index (χ0v) is 11.3. The maximum Gasteiger partial charge on any atom is 0.244 e. The van der Waals surface area contributed by atoms with E-state index in [1.165, 1.54) is 6.42 Å². The van der Waals surface area contributed by atoms with Crippen LogP contribution in [0.4, 0.5) is 5.69 Å². The fraction of sp³-hybridized carbons (Fsp3) is 0.533. The minimum Gasteiger partial charge on any atom is -0.324 e. The molecule has 1 amide bonds. The van der Waals surface area contributed by atoms with Gasteiger partial charge < -0.3 is 11.1 Å². The molecule has 3 heteroatoms. The van der Waals surface area contributed by atoms with Gasteiger partial charge in [-0.2, -0.15) is 0 Å². The van der Waals surface area contributed by atoms with Crippen molar-refractivity contribution in [3.8, 4) is 0 Å².